The van der Waals surface area contributed by atoms with E-state index >= 15 is 0 Å². The number of aryl methyl sites for hydroxylation is 2. The fourth-order valence-corrected chi connectivity index (χ4v) is 2.85. The molecule has 0 atom stereocenters. The van der Waals surface area contributed by atoms with Gasteiger partial charge in [0.25, 0.3) is 5.91 Å². The van der Waals surface area contributed by atoms with Crippen molar-refractivity contribution in [1.82, 2.24) is 0 Å². The van der Waals surface area contributed by atoms with Crippen LogP contribution in [0.15, 0.2) is 42.5 Å². The normalized spacial score (nSPS) is 13.0. The van der Waals surface area contributed by atoms with E-state index in [-0.39, 0.29) is 5.56 Å². The molecule has 2 aromatic carbocycles. The van der Waals surface area contributed by atoms with Crippen LogP contribution >= 0.6 is 0 Å². The predicted molar refractivity (Wildman–Crippen MR) is 90.5 cm³/mol. The SMILES string of the molecule is O=C(COC(=O)c1ccc(OC(F)(F)F)cc1)Nc1ccc2c(c1)CCC2. The first kappa shape index (κ1) is 18.8. The summed E-state index contributed by atoms with van der Waals surface area (Å²) in [6, 6.07) is 9.91. The lowest BCUT2D eigenvalue weighted by Crippen LogP contribution is -2.21. The predicted octanol–water partition coefficient (Wildman–Crippen LogP) is 3.87. The van der Waals surface area contributed by atoms with Gasteiger partial charge in [0.05, 0.1) is 5.56 Å². The zero-order valence-electron chi connectivity index (χ0n) is 14.1. The highest BCUT2D eigenvalue weighted by atomic mass is 19.4. The largest absolute Gasteiger partial charge is 0.573 e. The Balaban J connectivity index is 1.50. The van der Waals surface area contributed by atoms with E-state index in [2.05, 4.69) is 10.1 Å². The highest BCUT2D eigenvalue weighted by molar-refractivity contribution is 5.95. The molecule has 27 heavy (non-hydrogen) atoms. The number of fused-ring (bicyclic) bond motifs is 1. The Kier molecular flexibility index (Phi) is 5.34. The van der Waals surface area contributed by atoms with E-state index in [0.717, 1.165) is 43.5 Å². The number of alkyl halides is 3. The summed E-state index contributed by atoms with van der Waals surface area (Å²) in [5.41, 5.74) is 3.11. The fraction of sp³-hybridized carbons (Fsp3) is 0.263. The lowest BCUT2D eigenvalue weighted by molar-refractivity contribution is -0.274. The van der Waals surface area contributed by atoms with Crippen LogP contribution in [0.25, 0.3) is 0 Å². The molecule has 0 aromatic heterocycles. The molecular formula is C19H16F3NO4. The van der Waals surface area contributed by atoms with Crippen LogP contribution in [0, 0.1) is 0 Å². The number of carbonyl (C=O) groups excluding carboxylic acids is 2. The minimum atomic E-state index is -4.81. The molecular weight excluding hydrogens is 363 g/mol. The van der Waals surface area contributed by atoms with Gasteiger partial charge in [0, 0.05) is 5.69 Å². The van der Waals surface area contributed by atoms with Gasteiger partial charge in [-0.05, 0) is 66.8 Å². The molecule has 0 bridgehead atoms. The fourth-order valence-electron chi connectivity index (χ4n) is 2.85. The van der Waals surface area contributed by atoms with Gasteiger partial charge in [0.2, 0.25) is 0 Å². The van der Waals surface area contributed by atoms with Crippen LogP contribution in [0.1, 0.15) is 27.9 Å². The quantitative estimate of drug-likeness (QED) is 0.801. The summed E-state index contributed by atoms with van der Waals surface area (Å²) in [4.78, 5) is 23.8. The van der Waals surface area contributed by atoms with Crippen molar-refractivity contribution in [2.75, 3.05) is 11.9 Å². The maximum Gasteiger partial charge on any atom is 0.573 e. The third-order valence-corrected chi connectivity index (χ3v) is 4.04. The molecule has 3 rings (SSSR count). The van der Waals surface area contributed by atoms with Gasteiger partial charge in [0.15, 0.2) is 6.61 Å². The van der Waals surface area contributed by atoms with Crippen molar-refractivity contribution in [3.63, 3.8) is 0 Å². The number of halogens is 3. The summed E-state index contributed by atoms with van der Waals surface area (Å²) in [5, 5.41) is 2.65. The molecule has 0 spiro atoms. The number of benzene rings is 2. The Labute approximate surface area is 153 Å². The second-order valence-corrected chi connectivity index (χ2v) is 6.03. The minimum Gasteiger partial charge on any atom is -0.452 e. The van der Waals surface area contributed by atoms with Crippen LogP contribution in [-0.2, 0) is 22.4 Å². The maximum atomic E-state index is 12.1. The molecule has 5 nitrogen and oxygen atoms in total. The van der Waals surface area contributed by atoms with Crippen molar-refractivity contribution in [2.45, 2.75) is 25.6 Å². The van der Waals surface area contributed by atoms with Crippen molar-refractivity contribution >= 4 is 17.6 Å². The number of hydrogen-bond donors (Lipinski definition) is 1. The van der Waals surface area contributed by atoms with Gasteiger partial charge in [-0.15, -0.1) is 13.2 Å². The molecule has 1 aliphatic carbocycles. The van der Waals surface area contributed by atoms with Gasteiger partial charge in [0.1, 0.15) is 5.75 Å². The summed E-state index contributed by atoms with van der Waals surface area (Å²) in [5.74, 6) is -1.77. The van der Waals surface area contributed by atoms with Gasteiger partial charge < -0.3 is 14.8 Å². The summed E-state index contributed by atoms with van der Waals surface area (Å²) in [7, 11) is 0. The zero-order valence-corrected chi connectivity index (χ0v) is 14.1. The molecule has 2 aromatic rings. The lowest BCUT2D eigenvalue weighted by Gasteiger charge is -2.10. The van der Waals surface area contributed by atoms with Crippen LogP contribution in [0.4, 0.5) is 18.9 Å². The van der Waals surface area contributed by atoms with E-state index in [0.29, 0.717) is 5.69 Å². The average molecular weight is 379 g/mol. The van der Waals surface area contributed by atoms with Gasteiger partial charge in [-0.2, -0.15) is 0 Å². The smallest absolute Gasteiger partial charge is 0.452 e. The first-order chi connectivity index (χ1) is 12.8. The molecule has 0 fully saturated rings. The molecule has 0 saturated heterocycles. The second kappa shape index (κ2) is 7.69. The van der Waals surface area contributed by atoms with E-state index in [1.54, 1.807) is 6.07 Å². The molecule has 8 heteroatoms. The van der Waals surface area contributed by atoms with Crippen LogP contribution in [0.3, 0.4) is 0 Å². The molecule has 0 saturated carbocycles. The average Bonchev–Trinajstić information content (AvgIpc) is 3.06. The van der Waals surface area contributed by atoms with Gasteiger partial charge in [-0.25, -0.2) is 4.79 Å². The van der Waals surface area contributed by atoms with E-state index in [4.69, 9.17) is 4.74 Å². The van der Waals surface area contributed by atoms with Crippen molar-refractivity contribution in [3.8, 4) is 5.75 Å². The Bertz CT molecular complexity index is 847. The molecule has 1 N–H and O–H groups in total. The van der Waals surface area contributed by atoms with Crippen LogP contribution in [0.5, 0.6) is 5.75 Å². The Morgan fingerprint density at radius 2 is 1.70 bits per heavy atom. The third-order valence-electron chi connectivity index (χ3n) is 4.04. The first-order valence-electron chi connectivity index (χ1n) is 8.25. The van der Waals surface area contributed by atoms with Gasteiger partial charge in [-0.1, -0.05) is 6.07 Å². The number of hydrogen-bond acceptors (Lipinski definition) is 4. The van der Waals surface area contributed by atoms with E-state index < -0.39 is 30.6 Å². The van der Waals surface area contributed by atoms with Crippen molar-refractivity contribution in [2.24, 2.45) is 0 Å². The van der Waals surface area contributed by atoms with Crippen LogP contribution < -0.4 is 10.1 Å². The molecule has 1 amide bonds. The van der Waals surface area contributed by atoms with E-state index in [1.165, 1.54) is 11.1 Å². The highest BCUT2D eigenvalue weighted by Crippen LogP contribution is 2.25. The molecule has 142 valence electrons. The maximum absolute atomic E-state index is 12.1. The summed E-state index contributed by atoms with van der Waals surface area (Å²) < 4.78 is 44.9. The standard InChI is InChI=1S/C19H16F3NO4/c20-19(21,22)27-16-8-5-13(6-9-16)18(25)26-11-17(24)23-15-7-4-12-2-1-3-14(12)10-15/h4-10H,1-3,11H2,(H,23,24). The van der Waals surface area contributed by atoms with Crippen molar-refractivity contribution < 1.29 is 32.2 Å². The summed E-state index contributed by atoms with van der Waals surface area (Å²) in [6.45, 7) is -0.503. The molecule has 0 heterocycles. The van der Waals surface area contributed by atoms with Gasteiger partial charge >= 0.3 is 12.3 Å². The number of ether oxygens (including phenoxy) is 2. The number of anilines is 1. The monoisotopic (exact) mass is 379 g/mol. The second-order valence-electron chi connectivity index (χ2n) is 6.03. The topological polar surface area (TPSA) is 64.6 Å². The minimum absolute atomic E-state index is 0.00913. The van der Waals surface area contributed by atoms with Crippen LogP contribution in [0.2, 0.25) is 0 Å². The summed E-state index contributed by atoms with van der Waals surface area (Å²) in [6.07, 6.45) is -1.70. The van der Waals surface area contributed by atoms with E-state index in [9.17, 15) is 22.8 Å². The van der Waals surface area contributed by atoms with E-state index in [1.807, 2.05) is 12.1 Å². The van der Waals surface area contributed by atoms with Crippen molar-refractivity contribution in [3.05, 3.63) is 59.2 Å². The molecule has 0 aliphatic heterocycles. The number of carbonyl (C=O) groups is 2. The highest BCUT2D eigenvalue weighted by Gasteiger charge is 2.31. The number of rotatable bonds is 5. The Morgan fingerprint density at radius 1 is 1.00 bits per heavy atom. The Hall–Kier alpha value is -3.03. The zero-order chi connectivity index (χ0) is 19.4. The summed E-state index contributed by atoms with van der Waals surface area (Å²) >= 11 is 0. The molecule has 0 radical (unpaired) electrons. The molecule has 1 aliphatic rings. The number of esters is 1. The number of nitrogens with one attached hydrogen (secondary N) is 1. The Morgan fingerprint density at radius 3 is 2.41 bits per heavy atom. The lowest BCUT2D eigenvalue weighted by atomic mass is 10.1. The van der Waals surface area contributed by atoms with Gasteiger partial charge in [-0.3, -0.25) is 4.79 Å². The first-order valence-corrected chi connectivity index (χ1v) is 8.25. The van der Waals surface area contributed by atoms with Crippen LogP contribution in [-0.4, -0.2) is 24.8 Å². The van der Waals surface area contributed by atoms with Crippen molar-refractivity contribution in [1.29, 1.82) is 0 Å². The molecule has 0 unspecified atom stereocenters. The third kappa shape index (κ3) is 5.22. The number of amides is 1.